The molecule has 2 aromatic heterocycles. The van der Waals surface area contributed by atoms with E-state index in [1.807, 2.05) is 26.8 Å². The van der Waals surface area contributed by atoms with Gasteiger partial charge in [0.05, 0.1) is 5.69 Å². The predicted molar refractivity (Wildman–Crippen MR) is 135 cm³/mol. The molecule has 0 saturated carbocycles. The zero-order valence-electron chi connectivity index (χ0n) is 21.2. The topological polar surface area (TPSA) is 142 Å². The van der Waals surface area contributed by atoms with Gasteiger partial charge in [-0.3, -0.25) is 9.59 Å². The molecule has 3 aromatic rings. The van der Waals surface area contributed by atoms with Gasteiger partial charge in [-0.1, -0.05) is 11.2 Å². The number of ether oxygens (including phenoxy) is 2. The Hall–Kier alpha value is -3.22. The summed E-state index contributed by atoms with van der Waals surface area (Å²) >= 11 is 0.939. The average molecular weight is 536 g/mol. The van der Waals surface area contributed by atoms with Gasteiger partial charge < -0.3 is 19.7 Å². The Morgan fingerprint density at radius 2 is 1.81 bits per heavy atom. The third-order valence-electron chi connectivity index (χ3n) is 5.94. The number of aromatic nitrogens is 1. The van der Waals surface area contributed by atoms with Crippen LogP contribution in [0.2, 0.25) is 0 Å². The van der Waals surface area contributed by atoms with Crippen LogP contribution in [0.5, 0.6) is 0 Å². The lowest BCUT2D eigenvalue weighted by atomic mass is 9.90. The first kappa shape index (κ1) is 27.4. The fourth-order valence-electron chi connectivity index (χ4n) is 4.08. The lowest BCUT2D eigenvalue weighted by Gasteiger charge is -2.23. The van der Waals surface area contributed by atoms with Crippen LogP contribution in [-0.2, 0) is 30.9 Å². The summed E-state index contributed by atoms with van der Waals surface area (Å²) in [6.45, 7) is 9.89. The molecule has 0 aliphatic heterocycles. The van der Waals surface area contributed by atoms with Crippen LogP contribution in [0.15, 0.2) is 20.9 Å². The van der Waals surface area contributed by atoms with E-state index < -0.39 is 21.9 Å². The molecule has 3 rings (SSSR count). The Labute approximate surface area is 214 Å². The van der Waals surface area contributed by atoms with Gasteiger partial charge >= 0.3 is 5.97 Å². The molecule has 2 heterocycles. The lowest BCUT2D eigenvalue weighted by molar-refractivity contribution is -0.142. The normalized spacial score (nSPS) is 11.5. The lowest BCUT2D eigenvalue weighted by Crippen LogP contribution is -2.34. The Balaban J connectivity index is 2.33. The number of aryl methyl sites for hydroxylation is 3. The van der Waals surface area contributed by atoms with Gasteiger partial charge in [0.2, 0.25) is 5.88 Å². The standard InChI is InChI=1S/C24H29N3O7S2/c1-12-8-13(2)20(15(4)18(12)9-33-17(6)28)19-10-35-21(23(25)29)22(19)36(30,31)27(11-32-7)24-14(3)16(5)26-34-24/h8,10H,9,11H2,1-7H3,(H2,25,29). The van der Waals surface area contributed by atoms with E-state index in [1.165, 1.54) is 14.0 Å². The number of rotatable bonds is 9. The molecule has 0 unspecified atom stereocenters. The number of nitrogens with zero attached hydrogens (tertiary/aromatic N) is 2. The summed E-state index contributed by atoms with van der Waals surface area (Å²) in [5, 5.41) is 5.46. The van der Waals surface area contributed by atoms with E-state index in [0.29, 0.717) is 22.4 Å². The van der Waals surface area contributed by atoms with Gasteiger partial charge in [0.1, 0.15) is 23.1 Å². The van der Waals surface area contributed by atoms with Gasteiger partial charge in [0.15, 0.2) is 0 Å². The van der Waals surface area contributed by atoms with E-state index in [9.17, 15) is 18.0 Å². The number of nitrogens with two attached hydrogens (primary N) is 1. The van der Waals surface area contributed by atoms with Crippen molar-refractivity contribution in [2.24, 2.45) is 5.73 Å². The van der Waals surface area contributed by atoms with Gasteiger partial charge in [-0.25, -0.2) is 12.7 Å². The molecule has 12 heteroatoms. The van der Waals surface area contributed by atoms with Crippen LogP contribution in [0, 0.1) is 34.6 Å². The molecular formula is C24H29N3O7S2. The fraction of sp³-hybridized carbons (Fsp3) is 0.375. The first-order valence-electron chi connectivity index (χ1n) is 10.9. The first-order chi connectivity index (χ1) is 16.8. The second-order valence-corrected chi connectivity index (χ2v) is 11.1. The van der Waals surface area contributed by atoms with Crippen LogP contribution >= 0.6 is 11.3 Å². The summed E-state index contributed by atoms with van der Waals surface area (Å²) in [6, 6.07) is 1.88. The van der Waals surface area contributed by atoms with E-state index in [2.05, 4.69) is 5.16 Å². The third kappa shape index (κ3) is 4.88. The number of carbonyl (C=O) groups is 2. The van der Waals surface area contributed by atoms with Crippen molar-refractivity contribution in [3.05, 3.63) is 49.8 Å². The molecular weight excluding hydrogens is 506 g/mol. The highest BCUT2D eigenvalue weighted by Gasteiger charge is 2.37. The maximum Gasteiger partial charge on any atom is 0.302 e. The smallest absolute Gasteiger partial charge is 0.302 e. The van der Waals surface area contributed by atoms with Crippen LogP contribution < -0.4 is 10.0 Å². The molecule has 1 aromatic carbocycles. The first-order valence-corrected chi connectivity index (χ1v) is 13.2. The van der Waals surface area contributed by atoms with E-state index in [1.54, 1.807) is 19.2 Å². The summed E-state index contributed by atoms with van der Waals surface area (Å²) in [7, 11) is -3.07. The summed E-state index contributed by atoms with van der Waals surface area (Å²) in [5.41, 5.74) is 10.7. The molecule has 0 saturated heterocycles. The number of primary amides is 1. The molecule has 0 radical (unpaired) electrons. The van der Waals surface area contributed by atoms with Gasteiger partial charge in [0.25, 0.3) is 15.9 Å². The zero-order chi connectivity index (χ0) is 26.9. The molecule has 0 aliphatic carbocycles. The number of anilines is 1. The number of hydrogen-bond acceptors (Lipinski definition) is 9. The van der Waals surface area contributed by atoms with Crippen LogP contribution in [0.25, 0.3) is 11.1 Å². The largest absolute Gasteiger partial charge is 0.461 e. The average Bonchev–Trinajstić information content (AvgIpc) is 3.36. The minimum absolute atomic E-state index is 0.0187. The highest BCUT2D eigenvalue weighted by molar-refractivity contribution is 7.93. The van der Waals surface area contributed by atoms with Crippen molar-refractivity contribution < 1.29 is 32.0 Å². The van der Waals surface area contributed by atoms with Crippen LogP contribution in [0.4, 0.5) is 5.88 Å². The molecule has 0 aliphatic rings. The second kappa shape index (κ2) is 10.4. The maximum atomic E-state index is 14.1. The number of carbonyl (C=O) groups excluding carboxylic acids is 2. The van der Waals surface area contributed by atoms with E-state index in [0.717, 1.165) is 37.9 Å². The third-order valence-corrected chi connectivity index (χ3v) is 8.86. The molecule has 10 nitrogen and oxygen atoms in total. The van der Waals surface area contributed by atoms with E-state index in [4.69, 9.17) is 19.7 Å². The zero-order valence-corrected chi connectivity index (χ0v) is 22.8. The minimum Gasteiger partial charge on any atom is -0.461 e. The van der Waals surface area contributed by atoms with Gasteiger partial charge in [-0.2, -0.15) is 0 Å². The molecule has 0 bridgehead atoms. The monoisotopic (exact) mass is 535 g/mol. The highest BCUT2D eigenvalue weighted by Crippen LogP contribution is 2.42. The molecule has 2 N–H and O–H groups in total. The molecule has 194 valence electrons. The Morgan fingerprint density at radius 1 is 1.14 bits per heavy atom. The summed E-state index contributed by atoms with van der Waals surface area (Å²) in [4.78, 5) is 23.5. The number of methoxy groups -OCH3 is 1. The van der Waals surface area contributed by atoms with E-state index in [-0.39, 0.29) is 29.0 Å². The van der Waals surface area contributed by atoms with Crippen molar-refractivity contribution in [1.82, 2.24) is 5.16 Å². The molecule has 1 amide bonds. The van der Waals surface area contributed by atoms with Crippen LogP contribution in [-0.4, -0.2) is 39.3 Å². The summed E-state index contributed by atoms with van der Waals surface area (Å²) in [6.07, 6.45) is 0. The second-order valence-electron chi connectivity index (χ2n) is 8.41. The molecule has 0 fully saturated rings. The highest BCUT2D eigenvalue weighted by atomic mass is 32.2. The van der Waals surface area contributed by atoms with Crippen molar-refractivity contribution in [3.63, 3.8) is 0 Å². The van der Waals surface area contributed by atoms with Crippen molar-refractivity contribution in [1.29, 1.82) is 0 Å². The maximum absolute atomic E-state index is 14.1. The van der Waals surface area contributed by atoms with Gasteiger partial charge in [-0.15, -0.1) is 11.3 Å². The molecule has 0 atom stereocenters. The summed E-state index contributed by atoms with van der Waals surface area (Å²) < 4.78 is 45.0. The number of thiophene rings is 1. The Morgan fingerprint density at radius 3 is 2.33 bits per heavy atom. The van der Waals surface area contributed by atoms with Crippen LogP contribution in [0.1, 0.15) is 50.1 Å². The Bertz CT molecular complexity index is 1440. The molecule has 0 spiro atoms. The van der Waals surface area contributed by atoms with Crippen molar-refractivity contribution in [2.75, 3.05) is 18.1 Å². The number of benzene rings is 1. The van der Waals surface area contributed by atoms with Crippen molar-refractivity contribution in [3.8, 4) is 11.1 Å². The van der Waals surface area contributed by atoms with Gasteiger partial charge in [0, 0.05) is 30.5 Å². The number of esters is 1. The quantitative estimate of drug-likeness (QED) is 0.321. The number of hydrogen-bond donors (Lipinski definition) is 1. The minimum atomic E-state index is -4.42. The Kier molecular flexibility index (Phi) is 7.91. The fourth-order valence-corrected chi connectivity index (χ4v) is 7.05. The number of sulfonamides is 1. The van der Waals surface area contributed by atoms with Crippen molar-refractivity contribution >= 4 is 39.1 Å². The van der Waals surface area contributed by atoms with Crippen LogP contribution in [0.3, 0.4) is 0 Å². The SMILES string of the molecule is COCN(c1onc(C)c1C)S(=O)(=O)c1c(-c2c(C)cc(C)c(COC(C)=O)c2C)csc1C(N)=O. The predicted octanol–water partition coefficient (Wildman–Crippen LogP) is 3.91. The molecule has 36 heavy (non-hydrogen) atoms. The number of amides is 1. The summed E-state index contributed by atoms with van der Waals surface area (Å²) in [5.74, 6) is -1.33. The van der Waals surface area contributed by atoms with E-state index >= 15 is 0 Å². The van der Waals surface area contributed by atoms with Gasteiger partial charge in [-0.05, 0) is 62.4 Å². The van der Waals surface area contributed by atoms with Crippen molar-refractivity contribution in [2.45, 2.75) is 53.0 Å².